The van der Waals surface area contributed by atoms with Crippen LogP contribution in [0.2, 0.25) is 0 Å². The fourth-order valence-corrected chi connectivity index (χ4v) is 3.37. The predicted octanol–water partition coefficient (Wildman–Crippen LogP) is 3.97. The van der Waals surface area contributed by atoms with Crippen LogP contribution in [0.15, 0.2) is 24.3 Å². The summed E-state index contributed by atoms with van der Waals surface area (Å²) < 4.78 is 13.8. The molecule has 1 aromatic rings. The van der Waals surface area contributed by atoms with Crippen molar-refractivity contribution in [1.29, 1.82) is 0 Å². The molecule has 1 aliphatic carbocycles. The number of nitrogens with one attached hydrogen (secondary N) is 1. The lowest BCUT2D eigenvalue weighted by Gasteiger charge is -2.34. The number of halogens is 1. The van der Waals surface area contributed by atoms with Crippen LogP contribution in [0, 0.1) is 11.8 Å². The van der Waals surface area contributed by atoms with Crippen molar-refractivity contribution >= 4 is 5.97 Å². The summed E-state index contributed by atoms with van der Waals surface area (Å²) in [5, 5.41) is 2.96. The summed E-state index contributed by atoms with van der Waals surface area (Å²) in [4.78, 5) is 21.9. The molecule has 1 aliphatic heterocycles. The molecular formula is C19H26FNO3. The summed E-state index contributed by atoms with van der Waals surface area (Å²) in [6, 6.07) is 7.32. The molecule has 5 heteroatoms. The summed E-state index contributed by atoms with van der Waals surface area (Å²) in [6.45, 7) is 6.17. The van der Waals surface area contributed by atoms with E-state index in [0.29, 0.717) is 23.8 Å². The van der Waals surface area contributed by atoms with Gasteiger partial charge in [0.15, 0.2) is 6.30 Å². The molecule has 1 saturated heterocycles. The van der Waals surface area contributed by atoms with Gasteiger partial charge >= 0.3 is 5.97 Å². The van der Waals surface area contributed by atoms with Crippen LogP contribution in [0.3, 0.4) is 0 Å². The molecule has 3 atom stereocenters. The van der Waals surface area contributed by atoms with E-state index in [1.54, 1.807) is 12.1 Å². The molecule has 0 bridgehead atoms. The molecule has 0 radical (unpaired) electrons. The highest BCUT2D eigenvalue weighted by Crippen LogP contribution is 2.47. The first-order valence-electron chi connectivity index (χ1n) is 8.71. The quantitative estimate of drug-likeness (QED) is 0.514. The van der Waals surface area contributed by atoms with E-state index >= 15 is 0 Å². The maximum Gasteiger partial charge on any atom is 0.373 e. The normalized spacial score (nSPS) is 27.8. The van der Waals surface area contributed by atoms with E-state index < -0.39 is 17.9 Å². The number of alkyl halides is 1. The highest BCUT2D eigenvalue weighted by Gasteiger charge is 2.40. The highest BCUT2D eigenvalue weighted by molar-refractivity contribution is 5.88. The van der Waals surface area contributed by atoms with Crippen molar-refractivity contribution in [2.24, 2.45) is 11.8 Å². The minimum Gasteiger partial charge on any atom is -0.292 e. The van der Waals surface area contributed by atoms with Gasteiger partial charge < -0.3 is 0 Å². The largest absolute Gasteiger partial charge is 0.373 e. The van der Waals surface area contributed by atoms with Crippen LogP contribution in [0.4, 0.5) is 4.39 Å². The van der Waals surface area contributed by atoms with Crippen LogP contribution in [-0.2, 0) is 9.78 Å². The molecule has 4 nitrogen and oxygen atoms in total. The fraction of sp³-hybridized carbons (Fsp3) is 0.632. The van der Waals surface area contributed by atoms with E-state index in [1.807, 2.05) is 32.9 Å². The first-order valence-corrected chi connectivity index (χ1v) is 8.71. The van der Waals surface area contributed by atoms with Gasteiger partial charge in [-0.3, -0.25) is 10.2 Å². The third-order valence-corrected chi connectivity index (χ3v) is 4.72. The van der Waals surface area contributed by atoms with Gasteiger partial charge in [0.2, 0.25) is 0 Å². The third kappa shape index (κ3) is 4.33. The van der Waals surface area contributed by atoms with Gasteiger partial charge in [-0.25, -0.2) is 9.18 Å². The van der Waals surface area contributed by atoms with Crippen molar-refractivity contribution in [3.05, 3.63) is 35.4 Å². The zero-order valence-corrected chi connectivity index (χ0v) is 14.5. The molecule has 132 valence electrons. The Kier molecular flexibility index (Phi) is 4.92. The highest BCUT2D eigenvalue weighted by atomic mass is 19.1. The second-order valence-electron chi connectivity index (χ2n) is 7.91. The molecule has 0 spiro atoms. The van der Waals surface area contributed by atoms with Gasteiger partial charge in [0.25, 0.3) is 0 Å². The Morgan fingerprint density at radius 3 is 2.46 bits per heavy atom. The topological polar surface area (TPSA) is 47.6 Å². The SMILES string of the molecule is CC(C)(C)OOC(=O)c1ccc(C2CC(F)NCC2C2CC2)cc1. The Morgan fingerprint density at radius 2 is 1.88 bits per heavy atom. The maximum absolute atomic E-state index is 13.8. The Bertz CT molecular complexity index is 577. The smallest absolute Gasteiger partial charge is 0.292 e. The number of carbonyl (C=O) groups is 1. The molecule has 2 aliphatic rings. The van der Waals surface area contributed by atoms with Crippen LogP contribution in [-0.4, -0.2) is 24.4 Å². The predicted molar refractivity (Wildman–Crippen MR) is 89.2 cm³/mol. The molecule has 0 aromatic heterocycles. The van der Waals surface area contributed by atoms with E-state index in [0.717, 1.165) is 12.1 Å². The first-order chi connectivity index (χ1) is 11.3. The first kappa shape index (κ1) is 17.4. The number of carbonyl (C=O) groups excluding carboxylic acids is 1. The molecule has 1 heterocycles. The second-order valence-corrected chi connectivity index (χ2v) is 7.91. The van der Waals surface area contributed by atoms with Crippen molar-refractivity contribution in [2.75, 3.05) is 6.54 Å². The minimum atomic E-state index is -0.949. The van der Waals surface area contributed by atoms with Crippen molar-refractivity contribution in [2.45, 2.75) is 57.8 Å². The van der Waals surface area contributed by atoms with Gasteiger partial charge in [-0.15, -0.1) is 0 Å². The monoisotopic (exact) mass is 335 g/mol. The molecule has 1 saturated carbocycles. The standard InChI is InChI=1S/C19H26FNO3/c1-19(2,3)24-23-18(22)14-8-6-12(7-9-14)15-10-17(20)21-11-16(15)13-4-5-13/h6-9,13,15-17,21H,4-5,10-11H2,1-3H3. The van der Waals surface area contributed by atoms with Gasteiger partial charge in [-0.1, -0.05) is 12.1 Å². The Balaban J connectivity index is 1.67. The van der Waals surface area contributed by atoms with Crippen LogP contribution < -0.4 is 5.32 Å². The fourth-order valence-electron chi connectivity index (χ4n) is 3.37. The van der Waals surface area contributed by atoms with Gasteiger partial charge in [-0.2, -0.15) is 4.89 Å². The lowest BCUT2D eigenvalue weighted by atomic mass is 9.78. The number of benzene rings is 1. The number of rotatable bonds is 4. The minimum absolute atomic E-state index is 0.213. The van der Waals surface area contributed by atoms with Gasteiger partial charge in [-0.05, 0) is 75.5 Å². The number of piperidine rings is 1. The van der Waals surface area contributed by atoms with E-state index in [1.165, 1.54) is 12.8 Å². The molecular weight excluding hydrogens is 309 g/mol. The van der Waals surface area contributed by atoms with E-state index in [4.69, 9.17) is 9.78 Å². The Hall–Kier alpha value is -1.46. The zero-order valence-electron chi connectivity index (χ0n) is 14.5. The Morgan fingerprint density at radius 1 is 1.21 bits per heavy atom. The van der Waals surface area contributed by atoms with E-state index in [9.17, 15) is 9.18 Å². The summed E-state index contributed by atoms with van der Waals surface area (Å²) in [5.41, 5.74) is 0.999. The summed E-state index contributed by atoms with van der Waals surface area (Å²) in [5.74, 6) is 0.896. The number of hydrogen-bond acceptors (Lipinski definition) is 4. The van der Waals surface area contributed by atoms with Gasteiger partial charge in [0.1, 0.15) is 5.60 Å². The Labute approximate surface area is 142 Å². The second kappa shape index (κ2) is 6.81. The maximum atomic E-state index is 13.8. The molecule has 0 amide bonds. The summed E-state index contributed by atoms with van der Waals surface area (Å²) >= 11 is 0. The molecule has 3 unspecified atom stereocenters. The molecule has 1 aromatic carbocycles. The van der Waals surface area contributed by atoms with E-state index in [-0.39, 0.29) is 5.92 Å². The average molecular weight is 335 g/mol. The van der Waals surface area contributed by atoms with Gasteiger partial charge in [0.05, 0.1) is 5.56 Å². The van der Waals surface area contributed by atoms with Crippen molar-refractivity contribution < 1.29 is 19.0 Å². The van der Waals surface area contributed by atoms with E-state index in [2.05, 4.69) is 5.32 Å². The van der Waals surface area contributed by atoms with Crippen LogP contribution in [0.1, 0.15) is 61.9 Å². The van der Waals surface area contributed by atoms with Crippen molar-refractivity contribution in [3.8, 4) is 0 Å². The zero-order chi connectivity index (χ0) is 17.3. The van der Waals surface area contributed by atoms with Crippen molar-refractivity contribution in [3.63, 3.8) is 0 Å². The third-order valence-electron chi connectivity index (χ3n) is 4.72. The summed E-state index contributed by atoms with van der Waals surface area (Å²) in [7, 11) is 0. The van der Waals surface area contributed by atoms with Crippen LogP contribution in [0.5, 0.6) is 0 Å². The molecule has 1 N–H and O–H groups in total. The van der Waals surface area contributed by atoms with Crippen molar-refractivity contribution in [1.82, 2.24) is 5.32 Å². The molecule has 3 rings (SSSR count). The van der Waals surface area contributed by atoms with Gasteiger partial charge in [0, 0.05) is 6.54 Å². The lowest BCUT2D eigenvalue weighted by Crippen LogP contribution is -2.41. The average Bonchev–Trinajstić information content (AvgIpc) is 3.37. The van der Waals surface area contributed by atoms with Crippen LogP contribution in [0.25, 0.3) is 0 Å². The van der Waals surface area contributed by atoms with Crippen LogP contribution >= 0.6 is 0 Å². The number of hydrogen-bond donors (Lipinski definition) is 1. The summed E-state index contributed by atoms with van der Waals surface area (Å²) in [6.07, 6.45) is 2.04. The molecule has 2 fully saturated rings. The lowest BCUT2D eigenvalue weighted by molar-refractivity contribution is -0.301. The molecule has 24 heavy (non-hydrogen) atoms.